The summed E-state index contributed by atoms with van der Waals surface area (Å²) in [6, 6.07) is 0.416. The maximum absolute atomic E-state index is 12.5. The Morgan fingerprint density at radius 2 is 2.00 bits per heavy atom. The molecule has 3 amide bonds. The van der Waals surface area contributed by atoms with Gasteiger partial charge in [-0.1, -0.05) is 18.0 Å². The molecule has 3 aliphatic heterocycles. The van der Waals surface area contributed by atoms with E-state index in [0.29, 0.717) is 43.5 Å². The second kappa shape index (κ2) is 8.83. The molecule has 3 N–H and O–H groups in total. The molecule has 3 saturated heterocycles. The predicted octanol–water partition coefficient (Wildman–Crippen LogP) is 0.798. The van der Waals surface area contributed by atoms with E-state index in [1.165, 1.54) is 0 Å². The van der Waals surface area contributed by atoms with Gasteiger partial charge < -0.3 is 20.4 Å². The van der Waals surface area contributed by atoms with Crippen LogP contribution >= 0.6 is 23.4 Å². The van der Waals surface area contributed by atoms with Crippen molar-refractivity contribution in [1.82, 2.24) is 25.7 Å². The number of nitrogens with one attached hydrogen (secondary N) is 3. The SMILES string of the molecule is O=C1N[C@H]2[C@H](CS[C@H]2CCCCC(=O)N2CCN(c3cn[nH]c(=O)c3Cl)CC2)N1. The summed E-state index contributed by atoms with van der Waals surface area (Å²) >= 11 is 7.98. The quantitative estimate of drug-likeness (QED) is 0.445. The van der Waals surface area contributed by atoms with Crippen LogP contribution in [0.15, 0.2) is 11.0 Å². The molecule has 4 heterocycles. The second-order valence-electron chi connectivity index (χ2n) is 7.63. The molecule has 11 heteroatoms. The molecule has 158 valence electrons. The number of piperazine rings is 1. The van der Waals surface area contributed by atoms with Gasteiger partial charge in [0.25, 0.3) is 5.56 Å². The largest absolute Gasteiger partial charge is 0.365 e. The number of halogens is 1. The van der Waals surface area contributed by atoms with E-state index in [9.17, 15) is 14.4 Å². The number of thioether (sulfide) groups is 1. The summed E-state index contributed by atoms with van der Waals surface area (Å²) in [6.07, 6.45) is 4.95. The van der Waals surface area contributed by atoms with Gasteiger partial charge in [-0.25, -0.2) is 9.89 Å². The number of anilines is 1. The van der Waals surface area contributed by atoms with Crippen LogP contribution in [0.5, 0.6) is 0 Å². The molecule has 29 heavy (non-hydrogen) atoms. The van der Waals surface area contributed by atoms with Gasteiger partial charge in [-0.15, -0.1) is 0 Å². The summed E-state index contributed by atoms with van der Waals surface area (Å²) < 4.78 is 0. The molecule has 0 bridgehead atoms. The van der Waals surface area contributed by atoms with Crippen molar-refractivity contribution in [2.45, 2.75) is 43.0 Å². The van der Waals surface area contributed by atoms with Crippen LogP contribution < -0.4 is 21.1 Å². The van der Waals surface area contributed by atoms with Gasteiger partial charge >= 0.3 is 6.03 Å². The zero-order chi connectivity index (χ0) is 20.4. The average Bonchev–Trinajstić information content (AvgIpc) is 3.27. The molecule has 0 aliphatic carbocycles. The number of urea groups is 1. The topological polar surface area (TPSA) is 110 Å². The van der Waals surface area contributed by atoms with Crippen molar-refractivity contribution in [3.63, 3.8) is 0 Å². The number of rotatable bonds is 6. The first-order valence-electron chi connectivity index (χ1n) is 9.97. The third kappa shape index (κ3) is 4.48. The number of nitrogens with zero attached hydrogens (tertiary/aromatic N) is 3. The van der Waals surface area contributed by atoms with Crippen LogP contribution in [-0.2, 0) is 4.79 Å². The Hall–Kier alpha value is -1.94. The summed E-state index contributed by atoms with van der Waals surface area (Å²) in [5, 5.41) is 12.7. The standard InChI is InChI=1S/C18H25ClN6O3S/c19-15-12(9-20-23-17(15)27)24-5-7-25(8-6-24)14(26)4-2-1-3-13-16-11(10-29-13)21-18(28)22-16/h9,11,13,16H,1-8,10H2,(H,23,27)(H2,21,22,28)/t11-,13-,16-/m0/s1. The van der Waals surface area contributed by atoms with Crippen molar-refractivity contribution in [2.75, 3.05) is 36.8 Å². The lowest BCUT2D eigenvalue weighted by Gasteiger charge is -2.36. The lowest BCUT2D eigenvalue weighted by atomic mass is 10.0. The molecule has 0 aromatic carbocycles. The van der Waals surface area contributed by atoms with Crippen LogP contribution in [-0.4, -0.2) is 76.3 Å². The van der Waals surface area contributed by atoms with Crippen molar-refractivity contribution < 1.29 is 9.59 Å². The Morgan fingerprint density at radius 3 is 2.79 bits per heavy atom. The van der Waals surface area contributed by atoms with E-state index in [2.05, 4.69) is 20.8 Å². The first-order valence-corrected chi connectivity index (χ1v) is 11.4. The van der Waals surface area contributed by atoms with Crippen LogP contribution in [0.4, 0.5) is 10.5 Å². The van der Waals surface area contributed by atoms with Gasteiger partial charge in [0, 0.05) is 43.6 Å². The van der Waals surface area contributed by atoms with Crippen molar-refractivity contribution in [1.29, 1.82) is 0 Å². The molecule has 9 nitrogen and oxygen atoms in total. The minimum absolute atomic E-state index is 0.0585. The van der Waals surface area contributed by atoms with Crippen molar-refractivity contribution in [2.24, 2.45) is 0 Å². The van der Waals surface area contributed by atoms with E-state index in [0.717, 1.165) is 25.0 Å². The lowest BCUT2D eigenvalue weighted by Crippen LogP contribution is -2.49. The number of aromatic amines is 1. The first-order chi connectivity index (χ1) is 14.0. The summed E-state index contributed by atoms with van der Waals surface area (Å²) in [5.41, 5.74) is 0.214. The Kier molecular flexibility index (Phi) is 6.19. The van der Waals surface area contributed by atoms with E-state index >= 15 is 0 Å². The Balaban J connectivity index is 1.17. The summed E-state index contributed by atoms with van der Waals surface area (Å²) in [4.78, 5) is 39.4. The third-order valence-electron chi connectivity index (χ3n) is 5.82. The number of carbonyl (C=O) groups is 2. The fraction of sp³-hybridized carbons (Fsp3) is 0.667. The number of hydrogen-bond donors (Lipinski definition) is 3. The monoisotopic (exact) mass is 440 g/mol. The van der Waals surface area contributed by atoms with Crippen molar-refractivity contribution in [3.05, 3.63) is 21.6 Å². The van der Waals surface area contributed by atoms with E-state index in [4.69, 9.17) is 11.6 Å². The number of carbonyl (C=O) groups excluding carboxylic acids is 2. The number of fused-ring (bicyclic) bond motifs is 1. The maximum atomic E-state index is 12.5. The minimum atomic E-state index is -0.401. The van der Waals surface area contributed by atoms with E-state index in [1.54, 1.807) is 6.20 Å². The molecule has 0 spiro atoms. The van der Waals surface area contributed by atoms with Crippen LogP contribution in [0.3, 0.4) is 0 Å². The van der Waals surface area contributed by atoms with Gasteiger partial charge in [0.05, 0.1) is 24.0 Å². The van der Waals surface area contributed by atoms with Crippen LogP contribution in [0.25, 0.3) is 0 Å². The molecule has 1 aromatic heterocycles. The molecule has 0 saturated carbocycles. The normalized spacial score (nSPS) is 26.2. The number of hydrogen-bond acceptors (Lipinski definition) is 6. The first kappa shape index (κ1) is 20.3. The molecule has 3 aliphatic rings. The highest BCUT2D eigenvalue weighted by Gasteiger charge is 2.42. The zero-order valence-corrected chi connectivity index (χ0v) is 17.6. The molecule has 3 atom stereocenters. The van der Waals surface area contributed by atoms with Crippen molar-refractivity contribution >= 4 is 41.0 Å². The highest BCUT2D eigenvalue weighted by Crippen LogP contribution is 2.33. The van der Waals surface area contributed by atoms with Crippen LogP contribution in [0.1, 0.15) is 25.7 Å². The fourth-order valence-electron chi connectivity index (χ4n) is 4.21. The molecule has 4 rings (SSSR count). The van der Waals surface area contributed by atoms with E-state index < -0.39 is 5.56 Å². The number of aromatic nitrogens is 2. The Bertz CT molecular complexity index is 828. The average molecular weight is 441 g/mol. The molecule has 0 radical (unpaired) electrons. The Labute approximate surface area is 177 Å². The van der Waals surface area contributed by atoms with Gasteiger partial charge in [-0.3, -0.25) is 9.59 Å². The zero-order valence-electron chi connectivity index (χ0n) is 16.0. The highest BCUT2D eigenvalue weighted by atomic mass is 35.5. The molecular weight excluding hydrogens is 416 g/mol. The van der Waals surface area contributed by atoms with Gasteiger partial charge in [-0.05, 0) is 12.8 Å². The molecule has 3 fully saturated rings. The number of unbranched alkanes of at least 4 members (excludes halogenated alkanes) is 1. The second-order valence-corrected chi connectivity index (χ2v) is 9.28. The maximum Gasteiger partial charge on any atom is 0.315 e. The van der Waals surface area contributed by atoms with E-state index in [-0.39, 0.29) is 29.0 Å². The summed E-state index contributed by atoms with van der Waals surface area (Å²) in [7, 11) is 0. The number of H-pyrrole nitrogens is 1. The van der Waals surface area contributed by atoms with Gasteiger partial charge in [0.2, 0.25) is 5.91 Å². The van der Waals surface area contributed by atoms with Gasteiger partial charge in [0.1, 0.15) is 5.02 Å². The Morgan fingerprint density at radius 1 is 1.21 bits per heavy atom. The lowest BCUT2D eigenvalue weighted by molar-refractivity contribution is -0.131. The third-order valence-corrected chi connectivity index (χ3v) is 7.69. The minimum Gasteiger partial charge on any atom is -0.365 e. The summed E-state index contributed by atoms with van der Waals surface area (Å²) in [6.45, 7) is 2.49. The van der Waals surface area contributed by atoms with Gasteiger partial charge in [-0.2, -0.15) is 16.9 Å². The van der Waals surface area contributed by atoms with E-state index in [1.807, 2.05) is 21.6 Å². The molecule has 1 aromatic rings. The highest BCUT2D eigenvalue weighted by molar-refractivity contribution is 8.00. The smallest absolute Gasteiger partial charge is 0.315 e. The van der Waals surface area contributed by atoms with Crippen LogP contribution in [0, 0.1) is 0 Å². The predicted molar refractivity (Wildman–Crippen MR) is 113 cm³/mol. The molecule has 0 unspecified atom stereocenters. The van der Waals surface area contributed by atoms with Gasteiger partial charge in [0.15, 0.2) is 0 Å². The van der Waals surface area contributed by atoms with Crippen LogP contribution in [0.2, 0.25) is 5.02 Å². The number of amides is 3. The fourth-order valence-corrected chi connectivity index (χ4v) is 5.97. The summed E-state index contributed by atoms with van der Waals surface area (Å²) in [5.74, 6) is 1.14. The van der Waals surface area contributed by atoms with Crippen molar-refractivity contribution in [3.8, 4) is 0 Å². The molecular formula is C18H25ClN6O3S.